The summed E-state index contributed by atoms with van der Waals surface area (Å²) in [7, 11) is -2.54. The van der Waals surface area contributed by atoms with Gasteiger partial charge in [0.15, 0.2) is 0 Å². The summed E-state index contributed by atoms with van der Waals surface area (Å²) in [5, 5.41) is 3.22. The van der Waals surface area contributed by atoms with Crippen molar-refractivity contribution in [2.24, 2.45) is 0 Å². The van der Waals surface area contributed by atoms with E-state index in [1.165, 1.54) is 37.7 Å². The first kappa shape index (κ1) is 25.8. The smallest absolute Gasteiger partial charge is 0.305 e. The molecule has 0 aliphatic carbocycles. The summed E-state index contributed by atoms with van der Waals surface area (Å²) >= 11 is 5.83. The zero-order valence-electron chi connectivity index (χ0n) is 18.0. The van der Waals surface area contributed by atoms with E-state index in [0.717, 1.165) is 32.1 Å². The van der Waals surface area contributed by atoms with Gasteiger partial charge in [0, 0.05) is 36.9 Å². The van der Waals surface area contributed by atoms with Crippen LogP contribution in [0.15, 0.2) is 47.9 Å². The Morgan fingerprint density at radius 1 is 1.12 bits per heavy atom. The largest absolute Gasteiger partial charge is 0.469 e. The molecule has 0 radical (unpaired) electrons. The molecule has 1 aromatic heterocycles. The summed E-state index contributed by atoms with van der Waals surface area (Å²) in [6, 6.07) is 4.72. The Labute approximate surface area is 193 Å². The van der Waals surface area contributed by atoms with E-state index in [0.29, 0.717) is 18.0 Å². The number of halogens is 1. The van der Waals surface area contributed by atoms with E-state index in [2.05, 4.69) is 19.8 Å². The van der Waals surface area contributed by atoms with Crippen molar-refractivity contribution in [1.82, 2.24) is 19.6 Å². The first-order chi connectivity index (χ1) is 15.3. The zero-order valence-corrected chi connectivity index (χ0v) is 19.6. The molecule has 0 fully saturated rings. The molecule has 0 saturated heterocycles. The van der Waals surface area contributed by atoms with Crippen molar-refractivity contribution in [3.8, 4) is 0 Å². The number of hydrogen-bond donors (Lipinski definition) is 2. The number of nitrogens with one attached hydrogen (secondary N) is 2. The van der Waals surface area contributed by atoms with Gasteiger partial charge in [0.05, 0.1) is 18.3 Å². The molecule has 2 rings (SSSR count). The number of esters is 1. The van der Waals surface area contributed by atoms with Crippen molar-refractivity contribution in [1.29, 1.82) is 0 Å². The minimum Gasteiger partial charge on any atom is -0.469 e. The van der Waals surface area contributed by atoms with Crippen LogP contribution in [0.4, 0.5) is 0 Å². The highest BCUT2D eigenvalue weighted by Gasteiger charge is 2.26. The number of aromatic nitrogens is 2. The van der Waals surface area contributed by atoms with Crippen molar-refractivity contribution in [3.63, 3.8) is 0 Å². The number of carbonyl (C=O) groups is 2. The lowest BCUT2D eigenvalue weighted by atomic mass is 10.1. The number of unbranched alkanes of at least 4 members (excludes halogenated alkanes) is 4. The van der Waals surface area contributed by atoms with Crippen LogP contribution < -0.4 is 10.0 Å². The molecule has 11 heteroatoms. The molecule has 1 unspecified atom stereocenters. The number of methoxy groups -OCH3 is 1. The minimum atomic E-state index is -3.92. The predicted molar refractivity (Wildman–Crippen MR) is 121 cm³/mol. The van der Waals surface area contributed by atoms with E-state index in [-0.39, 0.29) is 17.4 Å². The molecule has 9 nitrogen and oxygen atoms in total. The number of benzene rings is 1. The van der Waals surface area contributed by atoms with Crippen molar-refractivity contribution in [3.05, 3.63) is 48.0 Å². The molecule has 1 heterocycles. The predicted octanol–water partition coefficient (Wildman–Crippen LogP) is 2.51. The average Bonchev–Trinajstić information content (AvgIpc) is 3.28. The molecule has 0 aliphatic rings. The first-order valence-electron chi connectivity index (χ1n) is 10.4. The van der Waals surface area contributed by atoms with Gasteiger partial charge in [0.2, 0.25) is 15.9 Å². The van der Waals surface area contributed by atoms with Crippen LogP contribution in [-0.2, 0) is 30.9 Å². The molecule has 176 valence electrons. The van der Waals surface area contributed by atoms with Gasteiger partial charge in [-0.15, -0.1) is 0 Å². The Bertz CT molecular complexity index is 949. The third kappa shape index (κ3) is 8.97. The number of rotatable bonds is 14. The van der Waals surface area contributed by atoms with Gasteiger partial charge in [0.25, 0.3) is 0 Å². The van der Waals surface area contributed by atoms with Crippen LogP contribution in [0.3, 0.4) is 0 Å². The first-order valence-corrected chi connectivity index (χ1v) is 12.3. The normalized spacial score (nSPS) is 12.3. The lowest BCUT2D eigenvalue weighted by molar-refractivity contribution is -0.140. The molecule has 0 bridgehead atoms. The van der Waals surface area contributed by atoms with E-state index in [4.69, 9.17) is 11.6 Å². The Hall–Kier alpha value is -2.43. The standard InChI is InChI=1S/C21H29ClN4O5S/c1-31-20(27)7-5-3-2-4-6-12-24-21(28)19(15-26-14-13-23-16-26)25-32(29,30)18-10-8-17(22)9-11-18/h8-11,13-14,16,19,25H,2-7,12,15H2,1H3,(H,24,28). The van der Waals surface area contributed by atoms with Gasteiger partial charge in [0.1, 0.15) is 6.04 Å². The SMILES string of the molecule is COC(=O)CCCCCCCNC(=O)C(Cn1ccnc1)NS(=O)(=O)c1ccc(Cl)cc1. The second-order valence-corrected chi connectivity index (χ2v) is 9.42. The zero-order chi connectivity index (χ0) is 23.4. The van der Waals surface area contributed by atoms with E-state index in [9.17, 15) is 18.0 Å². The second kappa shape index (κ2) is 13.2. The summed E-state index contributed by atoms with van der Waals surface area (Å²) in [6.45, 7) is 0.533. The van der Waals surface area contributed by atoms with Crippen LogP contribution in [0.2, 0.25) is 5.02 Å². The topological polar surface area (TPSA) is 119 Å². The summed E-state index contributed by atoms with van der Waals surface area (Å²) in [4.78, 5) is 27.8. The number of carbonyl (C=O) groups excluding carboxylic acids is 2. The fraction of sp³-hybridized carbons (Fsp3) is 0.476. The van der Waals surface area contributed by atoms with E-state index in [1.54, 1.807) is 17.0 Å². The quantitative estimate of drug-likeness (QED) is 0.314. The third-order valence-electron chi connectivity index (χ3n) is 4.78. The number of sulfonamides is 1. The van der Waals surface area contributed by atoms with E-state index >= 15 is 0 Å². The lowest BCUT2D eigenvalue weighted by Crippen LogP contribution is -2.49. The highest BCUT2D eigenvalue weighted by Crippen LogP contribution is 2.14. The maximum atomic E-state index is 12.7. The van der Waals surface area contributed by atoms with Crippen LogP contribution >= 0.6 is 11.6 Å². The molecule has 2 N–H and O–H groups in total. The lowest BCUT2D eigenvalue weighted by Gasteiger charge is -2.19. The molecule has 0 spiro atoms. The molecular weight excluding hydrogens is 456 g/mol. The maximum Gasteiger partial charge on any atom is 0.305 e. The van der Waals surface area contributed by atoms with Crippen molar-refractivity contribution in [2.75, 3.05) is 13.7 Å². The van der Waals surface area contributed by atoms with E-state index < -0.39 is 22.0 Å². The van der Waals surface area contributed by atoms with Crippen LogP contribution in [0.1, 0.15) is 38.5 Å². The van der Waals surface area contributed by atoms with Gasteiger partial charge in [-0.3, -0.25) is 9.59 Å². The number of amides is 1. The molecule has 1 atom stereocenters. The molecule has 2 aromatic rings. The molecule has 0 saturated carbocycles. The second-order valence-electron chi connectivity index (χ2n) is 7.27. The average molecular weight is 485 g/mol. The summed E-state index contributed by atoms with van der Waals surface area (Å²) in [5.74, 6) is -0.621. The summed E-state index contributed by atoms with van der Waals surface area (Å²) in [5.41, 5.74) is 0. The molecule has 32 heavy (non-hydrogen) atoms. The Morgan fingerprint density at radius 2 is 1.81 bits per heavy atom. The molecular formula is C21H29ClN4O5S. The maximum absolute atomic E-state index is 12.7. The van der Waals surface area contributed by atoms with Crippen molar-refractivity contribution >= 4 is 33.5 Å². The number of imidazole rings is 1. The van der Waals surface area contributed by atoms with Gasteiger partial charge in [-0.1, -0.05) is 30.9 Å². The van der Waals surface area contributed by atoms with Crippen LogP contribution in [0.25, 0.3) is 0 Å². The fourth-order valence-corrected chi connectivity index (χ4v) is 4.32. The van der Waals surface area contributed by atoms with Crippen LogP contribution in [-0.4, -0.2) is 49.5 Å². The highest BCUT2D eigenvalue weighted by molar-refractivity contribution is 7.89. The monoisotopic (exact) mass is 484 g/mol. The van der Waals surface area contributed by atoms with Crippen molar-refractivity contribution < 1.29 is 22.7 Å². The van der Waals surface area contributed by atoms with Crippen LogP contribution in [0, 0.1) is 0 Å². The van der Waals surface area contributed by atoms with Gasteiger partial charge in [-0.25, -0.2) is 13.4 Å². The number of hydrogen-bond acceptors (Lipinski definition) is 6. The van der Waals surface area contributed by atoms with Gasteiger partial charge >= 0.3 is 5.97 Å². The Morgan fingerprint density at radius 3 is 2.47 bits per heavy atom. The Kier molecular flexibility index (Phi) is 10.6. The Balaban J connectivity index is 1.86. The molecule has 1 amide bonds. The minimum absolute atomic E-state index is 0.0253. The fourth-order valence-electron chi connectivity index (χ4n) is 3.01. The summed E-state index contributed by atoms with van der Waals surface area (Å²) < 4.78 is 34.2. The van der Waals surface area contributed by atoms with Gasteiger partial charge in [-0.2, -0.15) is 4.72 Å². The van der Waals surface area contributed by atoms with E-state index in [1.807, 2.05) is 0 Å². The molecule has 0 aliphatic heterocycles. The third-order valence-corrected chi connectivity index (χ3v) is 6.51. The highest BCUT2D eigenvalue weighted by atomic mass is 35.5. The van der Waals surface area contributed by atoms with Crippen molar-refractivity contribution in [2.45, 2.75) is 56.0 Å². The van der Waals surface area contributed by atoms with Gasteiger partial charge in [-0.05, 0) is 37.1 Å². The van der Waals surface area contributed by atoms with Crippen LogP contribution in [0.5, 0.6) is 0 Å². The number of ether oxygens (including phenoxy) is 1. The molecule has 1 aromatic carbocycles. The summed E-state index contributed by atoms with van der Waals surface area (Å²) in [6.07, 6.45) is 9.42. The number of nitrogens with zero attached hydrogens (tertiary/aromatic N) is 2. The van der Waals surface area contributed by atoms with Gasteiger partial charge < -0.3 is 14.6 Å².